The third-order valence-corrected chi connectivity index (χ3v) is 9.20. The maximum atomic E-state index is 12.8. The lowest BCUT2D eigenvalue weighted by Crippen LogP contribution is -2.60. The van der Waals surface area contributed by atoms with Crippen molar-refractivity contribution in [2.24, 2.45) is 0 Å². The lowest BCUT2D eigenvalue weighted by molar-refractivity contribution is -0.302. The molecule has 0 saturated carbocycles. The molecule has 1 fully saturated rings. The van der Waals surface area contributed by atoms with Gasteiger partial charge in [0.15, 0.2) is 6.29 Å². The number of amides is 1. The van der Waals surface area contributed by atoms with Crippen molar-refractivity contribution in [1.82, 2.24) is 5.32 Å². The van der Waals surface area contributed by atoms with E-state index < -0.39 is 49.5 Å². The van der Waals surface area contributed by atoms with Crippen molar-refractivity contribution >= 4 is 5.91 Å². The zero-order chi connectivity index (χ0) is 39.5. The Morgan fingerprint density at radius 3 is 1.76 bits per heavy atom. The number of ether oxygens (including phenoxy) is 2. The molecular weight excluding hydrogens is 682 g/mol. The van der Waals surface area contributed by atoms with Gasteiger partial charge in [-0.25, -0.2) is 0 Å². The predicted octanol–water partition coefficient (Wildman–Crippen LogP) is 7.99. The van der Waals surface area contributed by atoms with Gasteiger partial charge in [-0.3, -0.25) is 4.79 Å². The van der Waals surface area contributed by atoms with Gasteiger partial charge >= 0.3 is 0 Å². The number of carbonyl (C=O) groups is 1. The number of carbonyl (C=O) groups excluding carboxylic acids is 1. The van der Waals surface area contributed by atoms with Crippen LogP contribution in [0.5, 0.6) is 0 Å². The van der Waals surface area contributed by atoms with E-state index in [1.807, 2.05) is 18.2 Å². The van der Waals surface area contributed by atoms with E-state index in [1.165, 1.54) is 51.4 Å². The molecule has 0 aromatic rings. The van der Waals surface area contributed by atoms with E-state index in [0.717, 1.165) is 51.4 Å². The fourth-order valence-electron chi connectivity index (χ4n) is 5.84. The Morgan fingerprint density at radius 1 is 0.648 bits per heavy atom. The van der Waals surface area contributed by atoms with Crippen molar-refractivity contribution in [3.05, 3.63) is 85.1 Å². The number of unbranched alkanes of at least 4 members (excludes halogenated alkanes) is 10. The number of allylic oxidation sites excluding steroid dienone is 13. The van der Waals surface area contributed by atoms with E-state index in [-0.39, 0.29) is 18.9 Å². The van der Waals surface area contributed by atoms with Crippen LogP contribution in [0.2, 0.25) is 0 Å². The van der Waals surface area contributed by atoms with Gasteiger partial charge in [-0.15, -0.1) is 0 Å². The van der Waals surface area contributed by atoms with Gasteiger partial charge in [0, 0.05) is 6.42 Å². The molecule has 6 N–H and O–H groups in total. The highest BCUT2D eigenvalue weighted by Gasteiger charge is 2.44. The maximum Gasteiger partial charge on any atom is 0.220 e. The zero-order valence-corrected chi connectivity index (χ0v) is 33.4. The molecule has 0 bridgehead atoms. The molecule has 9 nitrogen and oxygen atoms in total. The molecule has 54 heavy (non-hydrogen) atoms. The second-order valence-electron chi connectivity index (χ2n) is 14.0. The topological polar surface area (TPSA) is 149 Å². The summed E-state index contributed by atoms with van der Waals surface area (Å²) < 4.78 is 11.1. The van der Waals surface area contributed by atoms with Gasteiger partial charge in [0.05, 0.1) is 25.4 Å². The minimum atomic E-state index is -1.59. The summed E-state index contributed by atoms with van der Waals surface area (Å²) in [6.45, 7) is 3.55. The smallest absolute Gasteiger partial charge is 0.220 e. The largest absolute Gasteiger partial charge is 0.394 e. The number of nitrogens with one attached hydrogen (secondary N) is 1. The van der Waals surface area contributed by atoms with E-state index in [4.69, 9.17) is 9.47 Å². The lowest BCUT2D eigenvalue weighted by atomic mass is 9.99. The van der Waals surface area contributed by atoms with Crippen LogP contribution in [0.3, 0.4) is 0 Å². The van der Waals surface area contributed by atoms with Crippen LogP contribution in [0.15, 0.2) is 85.1 Å². The Morgan fingerprint density at radius 2 is 1.17 bits per heavy atom. The summed E-state index contributed by atoms with van der Waals surface area (Å²) in [7, 11) is 0. The first kappa shape index (κ1) is 49.4. The second kappa shape index (κ2) is 34.8. The van der Waals surface area contributed by atoms with Gasteiger partial charge in [0.1, 0.15) is 24.4 Å². The highest BCUT2D eigenvalue weighted by Crippen LogP contribution is 2.22. The predicted molar refractivity (Wildman–Crippen MR) is 221 cm³/mol. The van der Waals surface area contributed by atoms with Crippen molar-refractivity contribution in [1.29, 1.82) is 0 Å². The van der Waals surface area contributed by atoms with E-state index in [2.05, 4.69) is 79.9 Å². The summed E-state index contributed by atoms with van der Waals surface area (Å²) in [5.41, 5.74) is 0. The SMILES string of the molecule is CC/C=C\C/C=C\C/C=C\C/C=C\CCC(=O)NC(COC1OC(CO)C(O)C(O)C1O)C(O)/C=C/CC/C=C/CC/C=C/CCCCCCCCCC. The molecule has 0 aliphatic carbocycles. The molecule has 1 amide bonds. The van der Waals surface area contributed by atoms with Crippen LogP contribution in [0.1, 0.15) is 136 Å². The van der Waals surface area contributed by atoms with Crippen LogP contribution < -0.4 is 5.32 Å². The fraction of sp³-hybridized carbons (Fsp3) is 0.667. The van der Waals surface area contributed by atoms with Crippen LogP contribution in [0.4, 0.5) is 0 Å². The van der Waals surface area contributed by atoms with E-state index in [1.54, 1.807) is 6.08 Å². The Bertz CT molecular complexity index is 1110. The van der Waals surface area contributed by atoms with Crippen molar-refractivity contribution in [3.8, 4) is 0 Å². The monoisotopic (exact) mass is 758 g/mol. The first-order valence-corrected chi connectivity index (χ1v) is 20.8. The van der Waals surface area contributed by atoms with Gasteiger partial charge < -0.3 is 40.3 Å². The molecule has 0 aromatic heterocycles. The summed E-state index contributed by atoms with van der Waals surface area (Å²) in [6.07, 6.45) is 40.7. The van der Waals surface area contributed by atoms with Crippen molar-refractivity contribution < 1.29 is 39.8 Å². The van der Waals surface area contributed by atoms with Gasteiger partial charge in [-0.2, -0.15) is 0 Å². The van der Waals surface area contributed by atoms with E-state index in [0.29, 0.717) is 12.8 Å². The van der Waals surface area contributed by atoms with Crippen molar-refractivity contribution in [2.45, 2.75) is 179 Å². The Kier molecular flexibility index (Phi) is 31.9. The molecule has 7 atom stereocenters. The summed E-state index contributed by atoms with van der Waals surface area (Å²) in [6, 6.07) is -0.869. The van der Waals surface area contributed by atoms with Gasteiger partial charge in [0.25, 0.3) is 0 Å². The Labute approximate surface area is 327 Å². The molecule has 1 saturated heterocycles. The zero-order valence-electron chi connectivity index (χ0n) is 33.4. The van der Waals surface area contributed by atoms with Gasteiger partial charge in [0.2, 0.25) is 5.91 Å². The quantitative estimate of drug-likeness (QED) is 0.0299. The number of hydrogen-bond donors (Lipinski definition) is 6. The molecule has 1 aliphatic rings. The molecule has 0 aromatic carbocycles. The third kappa shape index (κ3) is 25.4. The van der Waals surface area contributed by atoms with Crippen LogP contribution in [0, 0.1) is 0 Å². The van der Waals surface area contributed by atoms with Crippen molar-refractivity contribution in [2.75, 3.05) is 13.2 Å². The molecule has 1 rings (SSSR count). The number of aliphatic hydroxyl groups is 5. The number of hydrogen-bond acceptors (Lipinski definition) is 8. The van der Waals surface area contributed by atoms with Gasteiger partial charge in [-0.1, -0.05) is 144 Å². The summed E-state index contributed by atoms with van der Waals surface area (Å²) in [5.74, 6) is -0.276. The average molecular weight is 758 g/mol. The van der Waals surface area contributed by atoms with Crippen LogP contribution >= 0.6 is 0 Å². The average Bonchev–Trinajstić information content (AvgIpc) is 3.17. The van der Waals surface area contributed by atoms with Crippen LogP contribution in [-0.2, 0) is 14.3 Å². The lowest BCUT2D eigenvalue weighted by Gasteiger charge is -2.40. The minimum Gasteiger partial charge on any atom is -0.394 e. The Hall–Kier alpha value is -2.63. The standard InChI is InChI=1S/C45H75NO8/c1-3-5-7-9-11-13-15-17-18-19-20-21-23-24-26-28-30-32-34-39(48)38(37-53-45-44(52)43(51)42(50)40(36-47)54-45)46-41(49)35-33-31-29-27-25-22-16-14-12-10-8-6-4-2/h6,8,12,14,19-20,22,24-26,29,31-32,34,38-40,42-45,47-48,50-52H,3-5,7,9-11,13,15-18,21,23,27-28,30,33,35-37H2,1-2H3,(H,46,49)/b8-6-,14-12-,20-19+,25-22-,26-24+,31-29-,34-32+. The van der Waals surface area contributed by atoms with Crippen molar-refractivity contribution in [3.63, 3.8) is 0 Å². The Balaban J connectivity index is 2.51. The van der Waals surface area contributed by atoms with Gasteiger partial charge in [-0.05, 0) is 70.6 Å². The molecule has 9 heteroatoms. The summed E-state index contributed by atoms with van der Waals surface area (Å²) >= 11 is 0. The molecular formula is C45H75NO8. The highest BCUT2D eigenvalue weighted by atomic mass is 16.7. The first-order valence-electron chi connectivity index (χ1n) is 20.8. The third-order valence-electron chi connectivity index (χ3n) is 9.20. The molecule has 0 spiro atoms. The van der Waals surface area contributed by atoms with Crippen LogP contribution in [0.25, 0.3) is 0 Å². The molecule has 308 valence electrons. The van der Waals surface area contributed by atoms with E-state index >= 15 is 0 Å². The second-order valence-corrected chi connectivity index (χ2v) is 14.0. The molecule has 0 radical (unpaired) electrons. The highest BCUT2D eigenvalue weighted by molar-refractivity contribution is 5.76. The maximum absolute atomic E-state index is 12.8. The molecule has 7 unspecified atom stereocenters. The minimum absolute atomic E-state index is 0.209. The summed E-state index contributed by atoms with van der Waals surface area (Å²) in [5, 5.41) is 53.9. The summed E-state index contributed by atoms with van der Waals surface area (Å²) in [4.78, 5) is 12.8. The molecule has 1 heterocycles. The van der Waals surface area contributed by atoms with E-state index in [9.17, 15) is 30.3 Å². The number of rotatable bonds is 32. The number of aliphatic hydroxyl groups excluding tert-OH is 5. The van der Waals surface area contributed by atoms with Crippen LogP contribution in [-0.4, -0.2) is 87.5 Å². The fourth-order valence-corrected chi connectivity index (χ4v) is 5.84. The normalized spacial score (nSPS) is 22.4. The molecule has 1 aliphatic heterocycles. The first-order chi connectivity index (χ1) is 26.3.